The lowest BCUT2D eigenvalue weighted by Gasteiger charge is -2.10. The van der Waals surface area contributed by atoms with Crippen LogP contribution in [-0.4, -0.2) is 36.8 Å². The van der Waals surface area contributed by atoms with Crippen LogP contribution in [0.1, 0.15) is 15.9 Å². The molecule has 0 spiro atoms. The zero-order valence-corrected chi connectivity index (χ0v) is 11.2. The molecule has 0 saturated heterocycles. The summed E-state index contributed by atoms with van der Waals surface area (Å²) >= 11 is 3.29. The zero-order valence-electron chi connectivity index (χ0n) is 9.57. The van der Waals surface area contributed by atoms with Gasteiger partial charge >= 0.3 is 0 Å². The molecule has 88 valence electrons. The number of carbonyl (C=O) groups is 1. The van der Waals surface area contributed by atoms with Crippen molar-refractivity contribution in [3.05, 3.63) is 35.4 Å². The maximum atomic E-state index is 11.6. The second-order valence-corrected chi connectivity index (χ2v) is 4.43. The molecule has 0 aliphatic carbocycles. The van der Waals surface area contributed by atoms with E-state index in [4.69, 9.17) is 4.74 Å². The lowest BCUT2D eigenvalue weighted by molar-refractivity contribution is 0.0827. The second-order valence-electron chi connectivity index (χ2n) is 3.64. The van der Waals surface area contributed by atoms with Crippen LogP contribution in [0.25, 0.3) is 0 Å². The zero-order chi connectivity index (χ0) is 12.0. The summed E-state index contributed by atoms with van der Waals surface area (Å²) in [7, 11) is 3.49. The van der Waals surface area contributed by atoms with Gasteiger partial charge in [0.05, 0.1) is 13.2 Å². The Morgan fingerprint density at radius 1 is 1.31 bits per heavy atom. The minimum atomic E-state index is 0.0212. The lowest BCUT2D eigenvalue weighted by atomic mass is 10.1. The van der Waals surface area contributed by atoms with E-state index in [1.54, 1.807) is 19.0 Å². The lowest BCUT2D eigenvalue weighted by Crippen LogP contribution is -2.21. The van der Waals surface area contributed by atoms with Gasteiger partial charge in [0.25, 0.3) is 5.91 Å². The Morgan fingerprint density at radius 2 is 1.94 bits per heavy atom. The largest absolute Gasteiger partial charge is 0.376 e. The number of hydrogen-bond acceptors (Lipinski definition) is 2. The third-order valence-electron chi connectivity index (χ3n) is 2.10. The summed E-state index contributed by atoms with van der Waals surface area (Å²) in [6.07, 6.45) is 0. The predicted molar refractivity (Wildman–Crippen MR) is 67.9 cm³/mol. The maximum absolute atomic E-state index is 11.6. The molecule has 1 aromatic carbocycles. The van der Waals surface area contributed by atoms with Crippen LogP contribution >= 0.6 is 15.9 Å². The summed E-state index contributed by atoms with van der Waals surface area (Å²) in [6, 6.07) is 7.50. The smallest absolute Gasteiger partial charge is 0.253 e. The van der Waals surface area contributed by atoms with Gasteiger partial charge in [-0.3, -0.25) is 4.79 Å². The molecule has 0 heterocycles. The summed E-state index contributed by atoms with van der Waals surface area (Å²) in [5, 5.41) is 0.837. The molecule has 3 nitrogen and oxygen atoms in total. The maximum Gasteiger partial charge on any atom is 0.253 e. The van der Waals surface area contributed by atoms with Gasteiger partial charge in [-0.2, -0.15) is 0 Å². The molecule has 0 atom stereocenters. The van der Waals surface area contributed by atoms with Crippen molar-refractivity contribution in [2.75, 3.05) is 26.0 Å². The first-order chi connectivity index (χ1) is 7.65. The van der Waals surface area contributed by atoms with Gasteiger partial charge in [-0.25, -0.2) is 0 Å². The first kappa shape index (κ1) is 13.2. The monoisotopic (exact) mass is 285 g/mol. The molecule has 0 aliphatic rings. The topological polar surface area (TPSA) is 29.5 Å². The minimum Gasteiger partial charge on any atom is -0.376 e. The van der Waals surface area contributed by atoms with Crippen molar-refractivity contribution in [1.29, 1.82) is 0 Å². The van der Waals surface area contributed by atoms with Crippen LogP contribution in [0, 0.1) is 0 Å². The van der Waals surface area contributed by atoms with Crippen LogP contribution in [0.3, 0.4) is 0 Å². The molecule has 16 heavy (non-hydrogen) atoms. The Bertz CT molecular complexity index is 335. The number of nitrogens with zero attached hydrogens (tertiary/aromatic N) is 1. The summed E-state index contributed by atoms with van der Waals surface area (Å²) in [5.41, 5.74) is 1.78. The fraction of sp³-hybridized carbons (Fsp3) is 0.417. The molecule has 0 saturated carbocycles. The van der Waals surface area contributed by atoms with Gasteiger partial charge < -0.3 is 9.64 Å². The first-order valence-electron chi connectivity index (χ1n) is 5.09. The minimum absolute atomic E-state index is 0.0212. The van der Waals surface area contributed by atoms with Crippen LogP contribution in [0.5, 0.6) is 0 Å². The van der Waals surface area contributed by atoms with Crippen LogP contribution in [-0.2, 0) is 11.3 Å². The SMILES string of the molecule is CN(C)C(=O)c1ccc(COCCBr)cc1. The van der Waals surface area contributed by atoms with Crippen molar-refractivity contribution in [2.24, 2.45) is 0 Å². The number of hydrogen-bond donors (Lipinski definition) is 0. The van der Waals surface area contributed by atoms with Crippen molar-refractivity contribution < 1.29 is 9.53 Å². The number of amides is 1. The van der Waals surface area contributed by atoms with E-state index in [0.29, 0.717) is 18.8 Å². The fourth-order valence-electron chi connectivity index (χ4n) is 1.25. The van der Waals surface area contributed by atoms with Crippen LogP contribution in [0.2, 0.25) is 0 Å². The van der Waals surface area contributed by atoms with Gasteiger partial charge in [0.15, 0.2) is 0 Å². The Kier molecular flexibility index (Phi) is 5.49. The van der Waals surface area contributed by atoms with Crippen LogP contribution in [0.15, 0.2) is 24.3 Å². The number of benzene rings is 1. The van der Waals surface area contributed by atoms with Gasteiger partial charge in [-0.15, -0.1) is 0 Å². The average molecular weight is 286 g/mol. The molecule has 0 unspecified atom stereocenters. The number of ether oxygens (including phenoxy) is 1. The highest BCUT2D eigenvalue weighted by Crippen LogP contribution is 2.07. The number of alkyl halides is 1. The third-order valence-corrected chi connectivity index (χ3v) is 2.42. The van der Waals surface area contributed by atoms with Crippen molar-refractivity contribution in [1.82, 2.24) is 4.90 Å². The Labute approximate surface area is 105 Å². The van der Waals surface area contributed by atoms with E-state index < -0.39 is 0 Å². The summed E-state index contributed by atoms with van der Waals surface area (Å²) in [6.45, 7) is 1.28. The molecule has 0 radical (unpaired) electrons. The highest BCUT2D eigenvalue weighted by atomic mass is 79.9. The van der Waals surface area contributed by atoms with Crippen LogP contribution < -0.4 is 0 Å². The highest BCUT2D eigenvalue weighted by molar-refractivity contribution is 9.09. The summed E-state index contributed by atoms with van der Waals surface area (Å²) in [5.74, 6) is 0.0212. The molecule has 0 N–H and O–H groups in total. The van der Waals surface area contributed by atoms with Crippen molar-refractivity contribution in [3.8, 4) is 0 Å². The predicted octanol–water partition coefficient (Wildman–Crippen LogP) is 2.30. The van der Waals surface area contributed by atoms with E-state index in [2.05, 4.69) is 15.9 Å². The normalized spacial score (nSPS) is 10.2. The van der Waals surface area contributed by atoms with E-state index in [0.717, 1.165) is 10.9 Å². The fourth-order valence-corrected chi connectivity index (χ4v) is 1.48. The molecule has 0 bridgehead atoms. The van der Waals surface area contributed by atoms with E-state index in [1.807, 2.05) is 24.3 Å². The van der Waals surface area contributed by atoms with Crippen molar-refractivity contribution >= 4 is 21.8 Å². The number of carbonyl (C=O) groups excluding carboxylic acids is 1. The molecular weight excluding hydrogens is 270 g/mol. The molecule has 0 fully saturated rings. The van der Waals surface area contributed by atoms with Crippen molar-refractivity contribution in [3.63, 3.8) is 0 Å². The van der Waals surface area contributed by atoms with Gasteiger partial charge in [-0.1, -0.05) is 28.1 Å². The van der Waals surface area contributed by atoms with E-state index in [9.17, 15) is 4.79 Å². The molecule has 1 rings (SSSR count). The number of rotatable bonds is 5. The summed E-state index contributed by atoms with van der Waals surface area (Å²) < 4.78 is 5.37. The van der Waals surface area contributed by atoms with Gasteiger partial charge in [0, 0.05) is 25.0 Å². The molecule has 0 aromatic heterocycles. The Balaban J connectivity index is 2.57. The second kappa shape index (κ2) is 6.66. The van der Waals surface area contributed by atoms with Gasteiger partial charge in [-0.05, 0) is 17.7 Å². The quantitative estimate of drug-likeness (QED) is 0.614. The molecular formula is C12H16BrNO2. The van der Waals surface area contributed by atoms with E-state index in [1.165, 1.54) is 0 Å². The number of halogens is 1. The van der Waals surface area contributed by atoms with Crippen molar-refractivity contribution in [2.45, 2.75) is 6.61 Å². The molecule has 1 aromatic rings. The highest BCUT2D eigenvalue weighted by Gasteiger charge is 2.06. The first-order valence-corrected chi connectivity index (χ1v) is 6.21. The molecule has 0 aliphatic heterocycles. The Hall–Kier alpha value is -0.870. The third kappa shape index (κ3) is 3.94. The standard InChI is InChI=1S/C12H16BrNO2/c1-14(2)12(15)11-5-3-10(4-6-11)9-16-8-7-13/h3-6H,7-9H2,1-2H3. The van der Waals surface area contributed by atoms with Gasteiger partial charge in [0.1, 0.15) is 0 Å². The Morgan fingerprint density at radius 3 is 2.44 bits per heavy atom. The summed E-state index contributed by atoms with van der Waals surface area (Å²) in [4.78, 5) is 13.2. The van der Waals surface area contributed by atoms with Crippen LogP contribution in [0.4, 0.5) is 0 Å². The van der Waals surface area contributed by atoms with E-state index >= 15 is 0 Å². The molecule has 1 amide bonds. The van der Waals surface area contributed by atoms with Gasteiger partial charge in [0.2, 0.25) is 0 Å². The molecule has 4 heteroatoms. The average Bonchev–Trinajstić information content (AvgIpc) is 2.29. The van der Waals surface area contributed by atoms with E-state index in [-0.39, 0.29) is 5.91 Å².